The Morgan fingerprint density at radius 2 is 1.72 bits per heavy atom. The zero-order chi connectivity index (χ0) is 24.4. The van der Waals surface area contributed by atoms with Crippen molar-refractivity contribution < 1.29 is 15.0 Å². The number of carbonyl (C=O) groups is 1. The Balaban J connectivity index is 0.00000304. The molecule has 0 amide bonds. The topological polar surface area (TPSA) is 110 Å². The second-order valence-electron chi connectivity index (χ2n) is 8.28. The molecule has 180 valence electrons. The normalized spacial score (nSPS) is 10.5. The molecule has 5 aromatic rings. The van der Waals surface area contributed by atoms with Gasteiger partial charge in [-0.15, -0.1) is 10.2 Å². The van der Waals surface area contributed by atoms with E-state index >= 15 is 0 Å². The minimum Gasteiger partial charge on any atom is -0.465 e. The maximum Gasteiger partial charge on any atom is 0.337 e. The minimum atomic E-state index is -0.407. The number of esters is 1. The Kier molecular flexibility index (Phi) is 6.95. The third-order valence-corrected chi connectivity index (χ3v) is 5.86. The number of ether oxygens (including phenoxy) is 1. The van der Waals surface area contributed by atoms with E-state index in [1.807, 2.05) is 18.2 Å². The molecule has 0 bridgehead atoms. The summed E-state index contributed by atoms with van der Waals surface area (Å²) in [5.41, 5.74) is 4.96. The van der Waals surface area contributed by atoms with Gasteiger partial charge in [-0.2, -0.15) is 0 Å². The van der Waals surface area contributed by atoms with Gasteiger partial charge in [0.25, 0.3) is 5.56 Å². The third-order valence-electron chi connectivity index (χ3n) is 5.86. The van der Waals surface area contributed by atoms with Crippen molar-refractivity contribution in [1.29, 1.82) is 0 Å². The average Bonchev–Trinajstić information content (AvgIpc) is 3.37. The molecule has 0 spiro atoms. The van der Waals surface area contributed by atoms with Crippen molar-refractivity contribution in [3.8, 4) is 11.8 Å². The van der Waals surface area contributed by atoms with Gasteiger partial charge in [-0.25, -0.2) is 4.79 Å². The Morgan fingerprint density at radius 1 is 1.00 bits per heavy atom. The van der Waals surface area contributed by atoms with E-state index in [9.17, 15) is 9.59 Å². The van der Waals surface area contributed by atoms with E-state index in [1.54, 1.807) is 39.6 Å². The molecule has 2 aromatic heterocycles. The van der Waals surface area contributed by atoms with Gasteiger partial charge in [0.1, 0.15) is 6.33 Å². The second-order valence-corrected chi connectivity index (χ2v) is 8.28. The number of carbonyl (C=O) groups excluding carboxylic acids is 1. The standard InChI is InChI=1S/C28H22N4O3.H2O/c1-19-6-8-20(9-7-19)4-3-5-21-12-15-25-24(16-21)26(33)31(28-30-29-18-32(25)28)17-22-10-13-23(14-11-22)27(34)35-2;/h6-16,18H,4,17H2,1-2H3;1H2. The summed E-state index contributed by atoms with van der Waals surface area (Å²) >= 11 is 0. The molecule has 5 rings (SSSR count). The summed E-state index contributed by atoms with van der Waals surface area (Å²) < 4.78 is 8.12. The first-order valence-electron chi connectivity index (χ1n) is 11.1. The first-order chi connectivity index (χ1) is 17.0. The second kappa shape index (κ2) is 10.3. The number of hydrogen-bond donors (Lipinski definition) is 0. The Morgan fingerprint density at radius 3 is 2.44 bits per heavy atom. The van der Waals surface area contributed by atoms with Crippen LogP contribution in [0.2, 0.25) is 0 Å². The molecular formula is C28H24N4O4. The van der Waals surface area contributed by atoms with Crippen LogP contribution in [0.5, 0.6) is 0 Å². The molecule has 0 aliphatic heterocycles. The Bertz CT molecular complexity index is 1670. The number of nitrogens with zero attached hydrogens (tertiary/aromatic N) is 4. The van der Waals surface area contributed by atoms with Crippen LogP contribution in [-0.4, -0.2) is 37.7 Å². The van der Waals surface area contributed by atoms with E-state index in [4.69, 9.17) is 4.74 Å². The van der Waals surface area contributed by atoms with Crippen LogP contribution in [0.4, 0.5) is 0 Å². The van der Waals surface area contributed by atoms with Crippen LogP contribution in [0, 0.1) is 18.8 Å². The molecule has 0 atom stereocenters. The summed E-state index contributed by atoms with van der Waals surface area (Å²) in [6, 6.07) is 20.8. The van der Waals surface area contributed by atoms with Gasteiger partial charge >= 0.3 is 5.97 Å². The molecule has 0 fully saturated rings. The molecule has 0 unspecified atom stereocenters. The van der Waals surface area contributed by atoms with Crippen molar-refractivity contribution in [3.05, 3.63) is 111 Å². The highest BCUT2D eigenvalue weighted by molar-refractivity contribution is 5.89. The van der Waals surface area contributed by atoms with Gasteiger partial charge < -0.3 is 10.2 Å². The minimum absolute atomic E-state index is 0. The van der Waals surface area contributed by atoms with Gasteiger partial charge in [-0.1, -0.05) is 53.8 Å². The quantitative estimate of drug-likeness (QED) is 0.290. The van der Waals surface area contributed by atoms with Gasteiger partial charge in [-0.05, 0) is 48.4 Å². The molecule has 0 radical (unpaired) electrons. The summed E-state index contributed by atoms with van der Waals surface area (Å²) in [5.74, 6) is 6.41. The van der Waals surface area contributed by atoms with Crippen LogP contribution >= 0.6 is 0 Å². The first kappa shape index (κ1) is 24.4. The van der Waals surface area contributed by atoms with Crippen LogP contribution in [0.15, 0.2) is 77.9 Å². The van der Waals surface area contributed by atoms with Crippen molar-refractivity contribution in [2.75, 3.05) is 7.11 Å². The number of fused-ring (bicyclic) bond motifs is 3. The van der Waals surface area contributed by atoms with E-state index in [1.165, 1.54) is 12.7 Å². The van der Waals surface area contributed by atoms with Gasteiger partial charge in [0.15, 0.2) is 0 Å². The van der Waals surface area contributed by atoms with Gasteiger partial charge in [0.2, 0.25) is 5.78 Å². The lowest BCUT2D eigenvalue weighted by Gasteiger charge is -2.11. The molecule has 8 nitrogen and oxygen atoms in total. The summed E-state index contributed by atoms with van der Waals surface area (Å²) in [6.45, 7) is 2.34. The van der Waals surface area contributed by atoms with E-state index in [0.717, 1.165) is 22.2 Å². The van der Waals surface area contributed by atoms with Crippen LogP contribution in [0.3, 0.4) is 0 Å². The third kappa shape index (κ3) is 4.73. The van der Waals surface area contributed by atoms with Crippen LogP contribution in [-0.2, 0) is 17.7 Å². The lowest BCUT2D eigenvalue weighted by molar-refractivity contribution is 0.0600. The maximum atomic E-state index is 13.5. The average molecular weight is 481 g/mol. The highest BCUT2D eigenvalue weighted by Crippen LogP contribution is 2.16. The Hall–Kier alpha value is -4.74. The number of aromatic nitrogens is 4. The SMILES string of the molecule is COC(=O)c1ccc(Cn2c(=O)c3cc(C#CCc4ccc(C)cc4)ccc3n3cnnc23)cc1.O. The van der Waals surface area contributed by atoms with Crippen molar-refractivity contribution in [1.82, 2.24) is 19.2 Å². The maximum absolute atomic E-state index is 13.5. The first-order valence-corrected chi connectivity index (χ1v) is 11.1. The van der Waals surface area contributed by atoms with Crippen molar-refractivity contribution in [2.45, 2.75) is 19.9 Å². The lowest BCUT2D eigenvalue weighted by Crippen LogP contribution is -2.24. The number of methoxy groups -OCH3 is 1. The van der Waals surface area contributed by atoms with Gasteiger partial charge in [-0.3, -0.25) is 13.8 Å². The monoisotopic (exact) mass is 480 g/mol. The summed E-state index contributed by atoms with van der Waals surface area (Å²) in [7, 11) is 1.34. The van der Waals surface area contributed by atoms with Crippen LogP contribution in [0.1, 0.15) is 32.6 Å². The highest BCUT2D eigenvalue weighted by atomic mass is 16.5. The fourth-order valence-electron chi connectivity index (χ4n) is 3.96. The Labute approximate surface area is 207 Å². The van der Waals surface area contributed by atoms with E-state index < -0.39 is 5.97 Å². The van der Waals surface area contributed by atoms with Crippen LogP contribution < -0.4 is 5.56 Å². The molecule has 2 heterocycles. The van der Waals surface area contributed by atoms with Crippen molar-refractivity contribution in [2.24, 2.45) is 0 Å². The highest BCUT2D eigenvalue weighted by Gasteiger charge is 2.14. The van der Waals surface area contributed by atoms with Gasteiger partial charge in [0.05, 0.1) is 30.1 Å². The lowest BCUT2D eigenvalue weighted by atomic mass is 10.1. The molecule has 0 aliphatic carbocycles. The zero-order valence-electron chi connectivity index (χ0n) is 19.9. The van der Waals surface area contributed by atoms with E-state index in [2.05, 4.69) is 53.2 Å². The molecule has 0 saturated carbocycles. The predicted octanol–water partition coefficient (Wildman–Crippen LogP) is 2.96. The number of hydrogen-bond acceptors (Lipinski definition) is 5. The summed E-state index contributed by atoms with van der Waals surface area (Å²) in [6.07, 6.45) is 2.23. The van der Waals surface area contributed by atoms with Crippen LogP contribution in [0.25, 0.3) is 16.7 Å². The fourth-order valence-corrected chi connectivity index (χ4v) is 3.96. The fraction of sp³-hybridized carbons (Fsp3) is 0.143. The van der Waals surface area contributed by atoms with E-state index in [0.29, 0.717) is 23.1 Å². The molecule has 0 aliphatic rings. The molecule has 0 saturated heterocycles. The van der Waals surface area contributed by atoms with Gasteiger partial charge in [0, 0.05) is 12.0 Å². The summed E-state index contributed by atoms with van der Waals surface area (Å²) in [4.78, 5) is 25.2. The number of rotatable bonds is 4. The molecular weight excluding hydrogens is 456 g/mol. The molecule has 3 aromatic carbocycles. The molecule has 8 heteroatoms. The largest absolute Gasteiger partial charge is 0.465 e. The predicted molar refractivity (Wildman–Crippen MR) is 137 cm³/mol. The number of aryl methyl sites for hydroxylation is 1. The van der Waals surface area contributed by atoms with Crippen molar-refractivity contribution >= 4 is 22.6 Å². The molecule has 36 heavy (non-hydrogen) atoms. The van der Waals surface area contributed by atoms with E-state index in [-0.39, 0.29) is 17.6 Å². The van der Waals surface area contributed by atoms with Crippen molar-refractivity contribution in [3.63, 3.8) is 0 Å². The number of benzene rings is 3. The zero-order valence-corrected chi connectivity index (χ0v) is 19.9. The smallest absolute Gasteiger partial charge is 0.337 e. The molecule has 2 N–H and O–H groups in total. The summed E-state index contributed by atoms with van der Waals surface area (Å²) in [5, 5.41) is 8.72.